The summed E-state index contributed by atoms with van der Waals surface area (Å²) in [5.74, 6) is -0.487. The lowest BCUT2D eigenvalue weighted by Gasteiger charge is -2.21. The third-order valence-corrected chi connectivity index (χ3v) is 2.91. The van der Waals surface area contributed by atoms with Gasteiger partial charge in [0.1, 0.15) is 5.82 Å². The number of carbonyl (C=O) groups is 1. The molecule has 5 nitrogen and oxygen atoms in total. The number of aliphatic hydroxyl groups excluding tert-OH is 1. The van der Waals surface area contributed by atoms with E-state index in [2.05, 4.69) is 10.3 Å². The molecule has 1 rings (SSSR count). The van der Waals surface area contributed by atoms with Crippen LogP contribution in [0.2, 0.25) is 0 Å². The highest BCUT2D eigenvalue weighted by molar-refractivity contribution is 5.88. The van der Waals surface area contributed by atoms with Crippen LogP contribution < -0.4 is 5.32 Å². The quantitative estimate of drug-likeness (QED) is 0.761. The number of nitrogens with zero attached hydrogens (tertiary/aromatic N) is 1. The van der Waals surface area contributed by atoms with Gasteiger partial charge in [-0.15, -0.1) is 0 Å². The molecule has 0 spiro atoms. The molecule has 1 aromatic rings. The Bertz CT molecular complexity index is 448. The Balaban J connectivity index is 3.17. The van der Waals surface area contributed by atoms with E-state index >= 15 is 0 Å². The van der Waals surface area contributed by atoms with Gasteiger partial charge in [0.05, 0.1) is 18.2 Å². The van der Waals surface area contributed by atoms with Crippen LogP contribution in [0.3, 0.4) is 0 Å². The second-order valence-electron chi connectivity index (χ2n) is 5.61. The first kappa shape index (κ1) is 15.4. The monoisotopic (exact) mass is 266 g/mol. The van der Waals surface area contributed by atoms with Gasteiger partial charge in [0.25, 0.3) is 0 Å². The van der Waals surface area contributed by atoms with Gasteiger partial charge in [0, 0.05) is 11.1 Å². The molecule has 0 fully saturated rings. The topological polar surface area (TPSA) is 82.5 Å². The van der Waals surface area contributed by atoms with Crippen molar-refractivity contribution in [3.63, 3.8) is 0 Å². The fraction of sp³-hybridized carbons (Fsp3) is 0.571. The predicted octanol–water partition coefficient (Wildman–Crippen LogP) is 2.26. The molecule has 0 amide bonds. The third kappa shape index (κ3) is 4.21. The van der Waals surface area contributed by atoms with Crippen molar-refractivity contribution in [3.05, 3.63) is 23.4 Å². The van der Waals surface area contributed by atoms with E-state index < -0.39 is 5.97 Å². The first-order valence-corrected chi connectivity index (χ1v) is 6.41. The summed E-state index contributed by atoms with van der Waals surface area (Å²) >= 11 is 0. The zero-order valence-electron chi connectivity index (χ0n) is 11.9. The number of nitrogens with one attached hydrogen (secondary N) is 1. The van der Waals surface area contributed by atoms with Crippen LogP contribution in [0.25, 0.3) is 0 Å². The number of aromatic nitrogens is 1. The number of rotatable bonds is 5. The van der Waals surface area contributed by atoms with E-state index in [4.69, 9.17) is 5.11 Å². The van der Waals surface area contributed by atoms with Crippen LogP contribution in [0.4, 0.5) is 5.82 Å². The number of aliphatic hydroxyl groups is 1. The maximum atomic E-state index is 11.2. The number of carboxylic acids is 1. The van der Waals surface area contributed by atoms with E-state index in [0.717, 1.165) is 6.42 Å². The van der Waals surface area contributed by atoms with Crippen LogP contribution in [0.1, 0.15) is 50.2 Å². The molecule has 5 heteroatoms. The average molecular weight is 266 g/mol. The largest absolute Gasteiger partial charge is 0.478 e. The molecule has 0 aliphatic rings. The van der Waals surface area contributed by atoms with Crippen molar-refractivity contribution >= 4 is 11.8 Å². The Kier molecular flexibility index (Phi) is 4.89. The Morgan fingerprint density at radius 1 is 1.42 bits per heavy atom. The van der Waals surface area contributed by atoms with Gasteiger partial charge in [-0.25, -0.2) is 9.78 Å². The van der Waals surface area contributed by atoms with Gasteiger partial charge in [-0.2, -0.15) is 0 Å². The van der Waals surface area contributed by atoms with Gasteiger partial charge in [0.2, 0.25) is 0 Å². The first-order valence-electron chi connectivity index (χ1n) is 6.41. The van der Waals surface area contributed by atoms with E-state index in [0.29, 0.717) is 11.5 Å². The van der Waals surface area contributed by atoms with Gasteiger partial charge in [-0.3, -0.25) is 0 Å². The zero-order valence-corrected chi connectivity index (χ0v) is 11.9. The van der Waals surface area contributed by atoms with Crippen molar-refractivity contribution < 1.29 is 15.0 Å². The molecule has 0 aliphatic carbocycles. The molecule has 0 radical (unpaired) electrons. The number of aromatic carboxylic acids is 1. The molecule has 1 unspecified atom stereocenters. The second-order valence-corrected chi connectivity index (χ2v) is 5.61. The average Bonchev–Trinajstić information content (AvgIpc) is 2.34. The lowest BCUT2D eigenvalue weighted by Crippen LogP contribution is -2.24. The summed E-state index contributed by atoms with van der Waals surface area (Å²) in [5, 5.41) is 21.4. The lowest BCUT2D eigenvalue weighted by molar-refractivity contribution is 0.0696. The maximum absolute atomic E-state index is 11.2. The molecular formula is C14H22N2O3. The number of anilines is 1. The molecule has 3 N–H and O–H groups in total. The van der Waals surface area contributed by atoms with Crippen molar-refractivity contribution in [2.24, 2.45) is 0 Å². The molecule has 19 heavy (non-hydrogen) atoms. The Morgan fingerprint density at radius 3 is 2.47 bits per heavy atom. The van der Waals surface area contributed by atoms with E-state index in [1.807, 2.05) is 27.7 Å². The zero-order chi connectivity index (χ0) is 14.6. The molecule has 0 aliphatic heterocycles. The van der Waals surface area contributed by atoms with E-state index in [9.17, 15) is 9.90 Å². The van der Waals surface area contributed by atoms with Crippen molar-refractivity contribution in [2.45, 2.75) is 45.6 Å². The van der Waals surface area contributed by atoms with Gasteiger partial charge in [-0.05, 0) is 18.6 Å². The normalized spacial score (nSPS) is 13.1. The van der Waals surface area contributed by atoms with Crippen LogP contribution in [0.15, 0.2) is 12.1 Å². The van der Waals surface area contributed by atoms with E-state index in [-0.39, 0.29) is 23.6 Å². The number of carboxylic acid groups (broad SMARTS) is 1. The van der Waals surface area contributed by atoms with Gasteiger partial charge in [0.15, 0.2) is 0 Å². The highest BCUT2D eigenvalue weighted by Crippen LogP contribution is 2.23. The van der Waals surface area contributed by atoms with E-state index in [1.54, 1.807) is 6.07 Å². The Morgan fingerprint density at radius 2 is 2.05 bits per heavy atom. The molecule has 1 aromatic heterocycles. The minimum absolute atomic E-state index is 0.0136. The summed E-state index contributed by atoms with van der Waals surface area (Å²) in [7, 11) is 0. The summed E-state index contributed by atoms with van der Waals surface area (Å²) in [6.45, 7) is 7.87. The lowest BCUT2D eigenvalue weighted by atomic mass is 9.90. The molecule has 1 heterocycles. The number of hydrogen-bond acceptors (Lipinski definition) is 4. The van der Waals surface area contributed by atoms with Crippen LogP contribution in [-0.4, -0.2) is 33.8 Å². The number of hydrogen-bond donors (Lipinski definition) is 3. The molecule has 0 aromatic carbocycles. The van der Waals surface area contributed by atoms with Crippen molar-refractivity contribution in [2.75, 3.05) is 11.9 Å². The van der Waals surface area contributed by atoms with Crippen molar-refractivity contribution in [1.29, 1.82) is 0 Å². The van der Waals surface area contributed by atoms with Crippen LogP contribution in [-0.2, 0) is 5.41 Å². The molecule has 1 atom stereocenters. The fourth-order valence-electron chi connectivity index (χ4n) is 1.60. The van der Waals surface area contributed by atoms with Gasteiger partial charge in [-0.1, -0.05) is 27.7 Å². The van der Waals surface area contributed by atoms with Crippen molar-refractivity contribution in [1.82, 2.24) is 4.98 Å². The molecule has 0 saturated carbocycles. The highest BCUT2D eigenvalue weighted by Gasteiger charge is 2.19. The minimum Gasteiger partial charge on any atom is -0.478 e. The van der Waals surface area contributed by atoms with E-state index in [1.165, 1.54) is 6.07 Å². The fourth-order valence-corrected chi connectivity index (χ4v) is 1.60. The maximum Gasteiger partial charge on any atom is 0.335 e. The van der Waals surface area contributed by atoms with Crippen molar-refractivity contribution in [3.8, 4) is 0 Å². The SMILES string of the molecule is CCC(CO)Nc1cc(C(=O)O)cc(C(C)(C)C)n1. The summed E-state index contributed by atoms with van der Waals surface area (Å²) in [6.07, 6.45) is 0.736. The number of pyridine rings is 1. The third-order valence-electron chi connectivity index (χ3n) is 2.91. The van der Waals surface area contributed by atoms with Crippen LogP contribution >= 0.6 is 0 Å². The molecule has 106 valence electrons. The second kappa shape index (κ2) is 6.02. The first-order chi connectivity index (χ1) is 8.77. The summed E-state index contributed by atoms with van der Waals surface area (Å²) in [6, 6.07) is 2.97. The molecule has 0 saturated heterocycles. The summed E-state index contributed by atoms with van der Waals surface area (Å²) in [5.41, 5.74) is 0.681. The minimum atomic E-state index is -0.979. The smallest absolute Gasteiger partial charge is 0.335 e. The standard InChI is InChI=1S/C14H22N2O3/c1-5-10(8-17)15-12-7-9(13(18)19)6-11(16-12)14(2,3)4/h6-7,10,17H,5,8H2,1-4H3,(H,15,16)(H,18,19). The molecular weight excluding hydrogens is 244 g/mol. The predicted molar refractivity (Wildman–Crippen MR) is 74.7 cm³/mol. The Labute approximate surface area is 113 Å². The highest BCUT2D eigenvalue weighted by atomic mass is 16.4. The summed E-state index contributed by atoms with van der Waals surface area (Å²) in [4.78, 5) is 15.6. The Hall–Kier alpha value is -1.62. The van der Waals surface area contributed by atoms with Gasteiger partial charge >= 0.3 is 5.97 Å². The summed E-state index contributed by atoms with van der Waals surface area (Å²) < 4.78 is 0. The molecule has 0 bridgehead atoms. The van der Waals surface area contributed by atoms with Crippen LogP contribution in [0.5, 0.6) is 0 Å². The van der Waals surface area contributed by atoms with Crippen LogP contribution in [0, 0.1) is 0 Å². The van der Waals surface area contributed by atoms with Gasteiger partial charge < -0.3 is 15.5 Å².